The fraction of sp³-hybridized carbons (Fsp3) is 0.250. The highest BCUT2D eigenvalue weighted by atomic mass is 32.1. The zero-order valence-corrected chi connectivity index (χ0v) is 12.9. The van der Waals surface area contributed by atoms with E-state index in [-0.39, 0.29) is 0 Å². The van der Waals surface area contributed by atoms with Crippen molar-refractivity contribution in [3.8, 4) is 0 Å². The number of nitrogens with one attached hydrogen (secondary N) is 2. The minimum atomic E-state index is 0.833. The molecule has 1 fully saturated rings. The molecule has 6 heteroatoms. The van der Waals surface area contributed by atoms with Crippen molar-refractivity contribution < 1.29 is 0 Å². The van der Waals surface area contributed by atoms with Crippen LogP contribution in [0.3, 0.4) is 0 Å². The lowest BCUT2D eigenvalue weighted by molar-refractivity contribution is 0.589. The van der Waals surface area contributed by atoms with Crippen molar-refractivity contribution in [1.82, 2.24) is 15.3 Å². The average molecular weight is 311 g/mol. The third kappa shape index (κ3) is 2.75. The van der Waals surface area contributed by atoms with E-state index in [0.717, 1.165) is 37.8 Å². The molecule has 5 nitrogen and oxygen atoms in total. The van der Waals surface area contributed by atoms with E-state index in [9.17, 15) is 0 Å². The molecule has 0 spiro atoms. The SMILES string of the molecule is c1cc(N2CCNCC2)cc(Nc2cc3sccc3cn2)n1. The van der Waals surface area contributed by atoms with Crippen LogP contribution in [0, 0.1) is 0 Å². The molecule has 1 aliphatic heterocycles. The standard InChI is InChI=1S/C16H17N5S/c1-3-18-15(9-13(1)21-6-4-17-5-7-21)20-16-10-14-12(11-19-16)2-8-22-14/h1-3,8-11,17H,4-7H2,(H,18,19,20). The first kappa shape index (κ1) is 13.5. The second kappa shape index (κ2) is 5.90. The molecule has 1 saturated heterocycles. The minimum absolute atomic E-state index is 0.833. The summed E-state index contributed by atoms with van der Waals surface area (Å²) in [5, 5.41) is 9.94. The van der Waals surface area contributed by atoms with Crippen molar-refractivity contribution in [2.75, 3.05) is 36.4 Å². The topological polar surface area (TPSA) is 53.1 Å². The van der Waals surface area contributed by atoms with Gasteiger partial charge >= 0.3 is 0 Å². The minimum Gasteiger partial charge on any atom is -0.369 e. The number of piperazine rings is 1. The molecule has 3 aromatic rings. The number of rotatable bonds is 3. The molecule has 22 heavy (non-hydrogen) atoms. The van der Waals surface area contributed by atoms with Gasteiger partial charge in [0.1, 0.15) is 11.6 Å². The Bertz CT molecular complexity index is 779. The Morgan fingerprint density at radius 3 is 2.86 bits per heavy atom. The van der Waals surface area contributed by atoms with Gasteiger partial charge in [0.15, 0.2) is 0 Å². The number of nitrogens with zero attached hydrogens (tertiary/aromatic N) is 3. The number of fused-ring (bicyclic) bond motifs is 1. The van der Waals surface area contributed by atoms with Gasteiger partial charge < -0.3 is 15.5 Å². The summed E-state index contributed by atoms with van der Waals surface area (Å²) in [6.45, 7) is 4.12. The van der Waals surface area contributed by atoms with Crippen LogP contribution in [0.1, 0.15) is 0 Å². The predicted molar refractivity (Wildman–Crippen MR) is 92.2 cm³/mol. The third-order valence-corrected chi connectivity index (χ3v) is 4.70. The predicted octanol–water partition coefficient (Wildman–Crippen LogP) is 2.84. The quantitative estimate of drug-likeness (QED) is 0.779. The Hall–Kier alpha value is -2.18. The van der Waals surface area contributed by atoms with E-state index < -0.39 is 0 Å². The molecular formula is C16H17N5S. The molecule has 3 aromatic heterocycles. The summed E-state index contributed by atoms with van der Waals surface area (Å²) in [6, 6.07) is 8.30. The fourth-order valence-electron chi connectivity index (χ4n) is 2.66. The zero-order valence-electron chi connectivity index (χ0n) is 12.1. The highest BCUT2D eigenvalue weighted by molar-refractivity contribution is 7.17. The first-order valence-electron chi connectivity index (χ1n) is 7.40. The van der Waals surface area contributed by atoms with Gasteiger partial charge in [0.05, 0.1) is 0 Å². The van der Waals surface area contributed by atoms with E-state index >= 15 is 0 Å². The van der Waals surface area contributed by atoms with Gasteiger partial charge in [-0.25, -0.2) is 9.97 Å². The average Bonchev–Trinajstić information content (AvgIpc) is 3.04. The molecule has 0 saturated carbocycles. The Morgan fingerprint density at radius 1 is 1.09 bits per heavy atom. The van der Waals surface area contributed by atoms with E-state index in [1.165, 1.54) is 15.8 Å². The molecule has 2 N–H and O–H groups in total. The maximum atomic E-state index is 4.45. The summed E-state index contributed by atoms with van der Waals surface area (Å²) in [7, 11) is 0. The largest absolute Gasteiger partial charge is 0.369 e. The van der Waals surface area contributed by atoms with Crippen molar-refractivity contribution in [3.63, 3.8) is 0 Å². The lowest BCUT2D eigenvalue weighted by atomic mass is 10.3. The summed E-state index contributed by atoms with van der Waals surface area (Å²) in [6.07, 6.45) is 3.75. The van der Waals surface area contributed by atoms with Crippen molar-refractivity contribution in [2.45, 2.75) is 0 Å². The van der Waals surface area contributed by atoms with E-state index in [1.54, 1.807) is 11.3 Å². The molecule has 112 valence electrons. The summed E-state index contributed by atoms with van der Waals surface area (Å²) < 4.78 is 1.23. The number of hydrogen-bond acceptors (Lipinski definition) is 6. The van der Waals surface area contributed by atoms with Gasteiger partial charge in [-0.05, 0) is 23.6 Å². The number of anilines is 3. The second-order valence-corrected chi connectivity index (χ2v) is 6.24. The second-order valence-electron chi connectivity index (χ2n) is 5.29. The molecule has 0 amide bonds. The molecular weight excluding hydrogens is 294 g/mol. The van der Waals surface area contributed by atoms with Crippen molar-refractivity contribution in [3.05, 3.63) is 42.0 Å². The molecule has 4 heterocycles. The van der Waals surface area contributed by atoms with Gasteiger partial charge in [0.25, 0.3) is 0 Å². The van der Waals surface area contributed by atoms with Crippen LogP contribution in [-0.2, 0) is 0 Å². The Morgan fingerprint density at radius 2 is 1.95 bits per heavy atom. The Balaban J connectivity index is 1.56. The van der Waals surface area contributed by atoms with Gasteiger partial charge in [-0.3, -0.25) is 0 Å². The lowest BCUT2D eigenvalue weighted by Crippen LogP contribution is -2.43. The molecule has 0 atom stereocenters. The number of aromatic nitrogens is 2. The third-order valence-electron chi connectivity index (χ3n) is 3.82. The van der Waals surface area contributed by atoms with Crippen LogP contribution in [0.4, 0.5) is 17.3 Å². The van der Waals surface area contributed by atoms with Crippen molar-refractivity contribution in [1.29, 1.82) is 0 Å². The summed E-state index contributed by atoms with van der Waals surface area (Å²) in [5.41, 5.74) is 1.20. The molecule has 0 aliphatic carbocycles. The zero-order chi connectivity index (χ0) is 14.8. The monoisotopic (exact) mass is 311 g/mol. The van der Waals surface area contributed by atoms with E-state index in [2.05, 4.69) is 55.1 Å². The van der Waals surface area contributed by atoms with Crippen LogP contribution in [-0.4, -0.2) is 36.1 Å². The molecule has 0 radical (unpaired) electrons. The summed E-state index contributed by atoms with van der Waals surface area (Å²) in [5.74, 6) is 1.67. The Kier molecular flexibility index (Phi) is 3.62. The van der Waals surface area contributed by atoms with Crippen molar-refractivity contribution >= 4 is 38.7 Å². The van der Waals surface area contributed by atoms with Crippen LogP contribution in [0.15, 0.2) is 42.0 Å². The number of thiophene rings is 1. The lowest BCUT2D eigenvalue weighted by Gasteiger charge is -2.29. The van der Waals surface area contributed by atoms with E-state index in [1.807, 2.05) is 12.4 Å². The molecule has 1 aliphatic rings. The molecule has 4 rings (SSSR count). The van der Waals surface area contributed by atoms with Gasteiger partial charge in [-0.2, -0.15) is 0 Å². The maximum absolute atomic E-state index is 4.45. The van der Waals surface area contributed by atoms with E-state index in [0.29, 0.717) is 0 Å². The van der Waals surface area contributed by atoms with E-state index in [4.69, 9.17) is 0 Å². The molecule has 0 aromatic carbocycles. The van der Waals surface area contributed by atoms with Crippen LogP contribution in [0.25, 0.3) is 10.1 Å². The summed E-state index contributed by atoms with van der Waals surface area (Å²) in [4.78, 5) is 11.2. The summed E-state index contributed by atoms with van der Waals surface area (Å²) >= 11 is 1.72. The smallest absolute Gasteiger partial charge is 0.133 e. The van der Waals surface area contributed by atoms with Gasteiger partial charge in [-0.15, -0.1) is 11.3 Å². The van der Waals surface area contributed by atoms with Crippen molar-refractivity contribution in [2.24, 2.45) is 0 Å². The van der Waals surface area contributed by atoms with Gasteiger partial charge in [0.2, 0.25) is 0 Å². The van der Waals surface area contributed by atoms with Gasteiger partial charge in [-0.1, -0.05) is 0 Å². The van der Waals surface area contributed by atoms with Crippen LogP contribution in [0.5, 0.6) is 0 Å². The van der Waals surface area contributed by atoms with Crippen LogP contribution < -0.4 is 15.5 Å². The highest BCUT2D eigenvalue weighted by Gasteiger charge is 2.11. The van der Waals surface area contributed by atoms with Crippen LogP contribution >= 0.6 is 11.3 Å². The Labute approximate surface area is 133 Å². The first-order valence-corrected chi connectivity index (χ1v) is 8.28. The fourth-order valence-corrected chi connectivity index (χ4v) is 3.46. The number of hydrogen-bond donors (Lipinski definition) is 2. The van der Waals surface area contributed by atoms with Gasteiger partial charge in [0, 0.05) is 60.4 Å². The number of pyridine rings is 2. The highest BCUT2D eigenvalue weighted by Crippen LogP contribution is 2.25. The van der Waals surface area contributed by atoms with Crippen LogP contribution in [0.2, 0.25) is 0 Å². The molecule has 0 bridgehead atoms. The molecule has 0 unspecified atom stereocenters. The maximum Gasteiger partial charge on any atom is 0.133 e. The first-order chi connectivity index (χ1) is 10.9. The normalized spacial score (nSPS) is 15.2.